The molecule has 0 spiro atoms. The van der Waals surface area contributed by atoms with Crippen LogP contribution in [0.1, 0.15) is 13.8 Å². The number of aliphatic imine (C=N–C) groups is 2. The summed E-state index contributed by atoms with van der Waals surface area (Å²) in [4.78, 5) is 20.0. The second-order valence-electron chi connectivity index (χ2n) is 4.66. The molecule has 0 radical (unpaired) electrons. The molecule has 1 aromatic carbocycles. The normalized spacial score (nSPS) is 17.4. The number of nitrogens with zero attached hydrogens (tertiary/aromatic N) is 4. The average molecular weight is 297 g/mol. The van der Waals surface area contributed by atoms with Gasteiger partial charge in [-0.15, -0.1) is 0 Å². The van der Waals surface area contributed by atoms with Gasteiger partial charge in [0.1, 0.15) is 10.7 Å². The van der Waals surface area contributed by atoms with E-state index in [0.717, 1.165) is 0 Å². The summed E-state index contributed by atoms with van der Waals surface area (Å²) in [5, 5.41) is 11.0. The van der Waals surface area contributed by atoms with Gasteiger partial charge in [-0.25, -0.2) is 4.99 Å². The lowest BCUT2D eigenvalue weighted by atomic mass is 10.1. The van der Waals surface area contributed by atoms with Crippen molar-refractivity contribution in [2.75, 3.05) is 4.90 Å². The molecule has 9 heteroatoms. The lowest BCUT2D eigenvalue weighted by Crippen LogP contribution is -2.54. The lowest BCUT2D eigenvalue weighted by Gasteiger charge is -2.38. The monoisotopic (exact) mass is 296 g/mol. The summed E-state index contributed by atoms with van der Waals surface area (Å²) in [6, 6.07) is 4.36. The molecule has 8 nitrogen and oxygen atoms in total. The number of nitro groups is 1. The quantitative estimate of drug-likeness (QED) is 0.631. The molecule has 1 aliphatic rings. The zero-order valence-corrected chi connectivity index (χ0v) is 11.6. The fourth-order valence-corrected chi connectivity index (χ4v) is 2.22. The molecule has 4 N–H and O–H groups in total. The molecule has 0 aromatic heterocycles. The molecule has 0 fully saturated rings. The minimum Gasteiger partial charge on any atom is -0.369 e. The predicted octanol–water partition coefficient (Wildman–Crippen LogP) is 1.43. The van der Waals surface area contributed by atoms with Crippen LogP contribution >= 0.6 is 11.6 Å². The van der Waals surface area contributed by atoms with E-state index < -0.39 is 10.6 Å². The van der Waals surface area contributed by atoms with Crippen LogP contribution in [0.2, 0.25) is 5.02 Å². The van der Waals surface area contributed by atoms with Gasteiger partial charge in [0, 0.05) is 6.07 Å². The van der Waals surface area contributed by atoms with E-state index in [1.807, 2.05) is 0 Å². The summed E-state index contributed by atoms with van der Waals surface area (Å²) in [5.74, 6) is 0.173. The highest BCUT2D eigenvalue weighted by atomic mass is 35.5. The van der Waals surface area contributed by atoms with Crippen LogP contribution in [-0.4, -0.2) is 22.5 Å². The summed E-state index contributed by atoms with van der Waals surface area (Å²) >= 11 is 5.79. The van der Waals surface area contributed by atoms with Crippen molar-refractivity contribution in [3.05, 3.63) is 33.3 Å². The van der Waals surface area contributed by atoms with Crippen molar-refractivity contribution in [2.24, 2.45) is 21.5 Å². The third-order valence-electron chi connectivity index (χ3n) is 2.78. The van der Waals surface area contributed by atoms with E-state index in [9.17, 15) is 10.1 Å². The van der Waals surface area contributed by atoms with Crippen LogP contribution in [0, 0.1) is 10.1 Å². The van der Waals surface area contributed by atoms with E-state index in [2.05, 4.69) is 9.98 Å². The number of guanidine groups is 2. The van der Waals surface area contributed by atoms with Crippen LogP contribution in [0.15, 0.2) is 28.2 Å². The molecule has 0 amide bonds. The van der Waals surface area contributed by atoms with Gasteiger partial charge in [0.05, 0.1) is 10.6 Å². The van der Waals surface area contributed by atoms with Gasteiger partial charge in [0.15, 0.2) is 0 Å². The van der Waals surface area contributed by atoms with Gasteiger partial charge in [-0.1, -0.05) is 11.6 Å². The minimum absolute atomic E-state index is 0.0482. The Labute approximate surface area is 119 Å². The molecular weight excluding hydrogens is 284 g/mol. The lowest BCUT2D eigenvalue weighted by molar-refractivity contribution is -0.384. The Bertz CT molecular complexity index is 640. The number of rotatable bonds is 2. The maximum Gasteiger partial charge on any atom is 0.289 e. The van der Waals surface area contributed by atoms with Crippen molar-refractivity contribution in [1.82, 2.24) is 0 Å². The van der Waals surface area contributed by atoms with E-state index in [-0.39, 0.29) is 22.6 Å². The smallest absolute Gasteiger partial charge is 0.289 e. The Balaban J connectivity index is 2.54. The standard InChI is InChI=1S/C11H13ClN6O2/c1-11(2)16-9(13)15-10(14)17(11)6-3-4-7(12)8(5-6)18(19)20/h3-5H,1-2H3,(H4,13,14,15,16). The first-order valence-electron chi connectivity index (χ1n) is 5.66. The molecule has 1 aliphatic heterocycles. The first kappa shape index (κ1) is 14.1. The third kappa shape index (κ3) is 2.37. The Kier molecular flexibility index (Phi) is 3.26. The summed E-state index contributed by atoms with van der Waals surface area (Å²) in [5.41, 5.74) is 10.9. The Morgan fingerprint density at radius 3 is 2.60 bits per heavy atom. The number of halogens is 1. The highest BCUT2D eigenvalue weighted by Gasteiger charge is 2.34. The summed E-state index contributed by atoms with van der Waals surface area (Å²) in [7, 11) is 0. The van der Waals surface area contributed by atoms with Crippen LogP contribution in [0.4, 0.5) is 11.4 Å². The third-order valence-corrected chi connectivity index (χ3v) is 3.10. The maximum absolute atomic E-state index is 10.9. The molecule has 0 atom stereocenters. The average Bonchev–Trinajstić information content (AvgIpc) is 2.28. The number of benzene rings is 1. The molecule has 106 valence electrons. The van der Waals surface area contributed by atoms with Gasteiger partial charge >= 0.3 is 0 Å². The minimum atomic E-state index is -0.808. The zero-order valence-electron chi connectivity index (χ0n) is 10.9. The largest absolute Gasteiger partial charge is 0.369 e. The molecule has 0 aliphatic carbocycles. The topological polar surface area (TPSA) is 123 Å². The van der Waals surface area contributed by atoms with Gasteiger partial charge in [0.25, 0.3) is 5.69 Å². The number of anilines is 1. The van der Waals surface area contributed by atoms with Crippen LogP contribution in [-0.2, 0) is 0 Å². The first-order valence-corrected chi connectivity index (χ1v) is 6.04. The fraction of sp³-hybridized carbons (Fsp3) is 0.273. The van der Waals surface area contributed by atoms with Crippen LogP contribution in [0.25, 0.3) is 0 Å². The van der Waals surface area contributed by atoms with Gasteiger partial charge in [-0.3, -0.25) is 15.0 Å². The van der Waals surface area contributed by atoms with E-state index in [0.29, 0.717) is 5.69 Å². The second-order valence-corrected chi connectivity index (χ2v) is 5.07. The second kappa shape index (κ2) is 4.64. The number of hydrogen-bond donors (Lipinski definition) is 2. The molecule has 20 heavy (non-hydrogen) atoms. The van der Waals surface area contributed by atoms with Crippen molar-refractivity contribution in [2.45, 2.75) is 19.5 Å². The molecule has 1 aromatic rings. The van der Waals surface area contributed by atoms with Crippen molar-refractivity contribution < 1.29 is 4.92 Å². The molecule has 1 heterocycles. The van der Waals surface area contributed by atoms with Gasteiger partial charge in [-0.05, 0) is 26.0 Å². The van der Waals surface area contributed by atoms with Crippen molar-refractivity contribution in [1.29, 1.82) is 0 Å². The number of nitro benzene ring substituents is 1. The van der Waals surface area contributed by atoms with Crippen molar-refractivity contribution in [3.63, 3.8) is 0 Å². The number of nitrogens with two attached hydrogens (primary N) is 2. The van der Waals surface area contributed by atoms with E-state index >= 15 is 0 Å². The highest BCUT2D eigenvalue weighted by molar-refractivity contribution is 6.32. The SMILES string of the molecule is CC1(C)N=C(N)N=C(N)N1c1ccc(Cl)c([N+](=O)[O-])c1. The highest BCUT2D eigenvalue weighted by Crippen LogP contribution is 2.33. The fourth-order valence-electron chi connectivity index (χ4n) is 2.03. The van der Waals surface area contributed by atoms with Crippen LogP contribution in [0.5, 0.6) is 0 Å². The van der Waals surface area contributed by atoms with Crippen molar-refractivity contribution >= 4 is 34.9 Å². The molecular formula is C11H13ClN6O2. The summed E-state index contributed by atoms with van der Waals surface area (Å²) in [6.07, 6.45) is 0. The molecule has 0 unspecified atom stereocenters. The van der Waals surface area contributed by atoms with Crippen molar-refractivity contribution in [3.8, 4) is 0 Å². The maximum atomic E-state index is 10.9. The molecule has 0 bridgehead atoms. The van der Waals surface area contributed by atoms with Crippen LogP contribution < -0.4 is 16.4 Å². The molecule has 2 rings (SSSR count). The van der Waals surface area contributed by atoms with Gasteiger partial charge in [-0.2, -0.15) is 4.99 Å². The zero-order chi connectivity index (χ0) is 15.1. The first-order chi connectivity index (χ1) is 9.22. The van der Waals surface area contributed by atoms with Gasteiger partial charge < -0.3 is 11.5 Å². The molecule has 0 saturated carbocycles. The molecule has 0 saturated heterocycles. The van der Waals surface area contributed by atoms with Crippen LogP contribution in [0.3, 0.4) is 0 Å². The van der Waals surface area contributed by atoms with E-state index in [1.54, 1.807) is 24.8 Å². The Morgan fingerprint density at radius 2 is 2.05 bits per heavy atom. The summed E-state index contributed by atoms with van der Waals surface area (Å²) in [6.45, 7) is 3.53. The van der Waals surface area contributed by atoms with Gasteiger partial charge in [0.2, 0.25) is 11.9 Å². The number of hydrogen-bond acceptors (Lipinski definition) is 7. The predicted molar refractivity (Wildman–Crippen MR) is 77.9 cm³/mol. The summed E-state index contributed by atoms with van der Waals surface area (Å²) < 4.78 is 0. The Hall–Kier alpha value is -2.35. The van der Waals surface area contributed by atoms with E-state index in [1.165, 1.54) is 12.1 Å². The van der Waals surface area contributed by atoms with E-state index in [4.69, 9.17) is 23.1 Å². The Morgan fingerprint density at radius 1 is 1.40 bits per heavy atom.